The Morgan fingerprint density at radius 2 is 1.89 bits per heavy atom. The largest absolute Gasteiger partial charge is 0.484 e. The van der Waals surface area contributed by atoms with Crippen molar-refractivity contribution in [3.63, 3.8) is 0 Å². The van der Waals surface area contributed by atoms with Crippen LogP contribution in [0.2, 0.25) is 0 Å². The summed E-state index contributed by atoms with van der Waals surface area (Å²) in [6, 6.07) is 16.2. The van der Waals surface area contributed by atoms with E-state index in [4.69, 9.17) is 9.15 Å². The molecule has 2 aromatic heterocycles. The molecule has 0 aliphatic heterocycles. The molecule has 0 amide bonds. The Labute approximate surface area is 156 Å². The molecule has 0 unspecified atom stereocenters. The van der Waals surface area contributed by atoms with E-state index in [9.17, 15) is 0 Å². The predicted octanol–water partition coefficient (Wildman–Crippen LogP) is 3.99. The third-order valence-corrected chi connectivity index (χ3v) is 4.75. The molecule has 0 N–H and O–H groups in total. The SMILES string of the molecule is c1ccc(-n2cc(-c3nnc(COc4ccc5c(c4)CCC5)o3)cn2)cc1. The molecular formula is C21H18N4O2. The first-order valence-electron chi connectivity index (χ1n) is 9.02. The van der Waals surface area contributed by atoms with Gasteiger partial charge in [0, 0.05) is 6.20 Å². The monoisotopic (exact) mass is 358 g/mol. The van der Waals surface area contributed by atoms with E-state index in [2.05, 4.69) is 27.4 Å². The lowest BCUT2D eigenvalue weighted by Gasteiger charge is -2.05. The van der Waals surface area contributed by atoms with Gasteiger partial charge in [0.05, 0.1) is 17.4 Å². The van der Waals surface area contributed by atoms with Gasteiger partial charge in [0.2, 0.25) is 0 Å². The number of aromatic nitrogens is 4. The van der Waals surface area contributed by atoms with Gasteiger partial charge in [0.15, 0.2) is 6.61 Å². The Kier molecular flexibility index (Phi) is 3.93. The second-order valence-corrected chi connectivity index (χ2v) is 6.58. The van der Waals surface area contributed by atoms with E-state index < -0.39 is 0 Å². The standard InChI is InChI=1S/C21H18N4O2/c1-2-7-18(8-3-1)25-13-17(12-22-25)21-24-23-20(27-21)14-26-19-10-9-15-5-4-6-16(15)11-19/h1-3,7-13H,4-6,14H2. The number of para-hydroxylation sites is 1. The number of nitrogens with zero attached hydrogens (tertiary/aromatic N) is 4. The molecule has 134 valence electrons. The Bertz CT molecular complexity index is 1070. The molecule has 0 saturated carbocycles. The van der Waals surface area contributed by atoms with Crippen molar-refractivity contribution < 1.29 is 9.15 Å². The van der Waals surface area contributed by atoms with E-state index in [-0.39, 0.29) is 6.61 Å². The number of fused-ring (bicyclic) bond motifs is 1. The summed E-state index contributed by atoms with van der Waals surface area (Å²) < 4.78 is 13.3. The smallest absolute Gasteiger partial charge is 0.254 e. The minimum Gasteiger partial charge on any atom is -0.484 e. The van der Waals surface area contributed by atoms with Crippen LogP contribution in [0.5, 0.6) is 5.75 Å². The summed E-state index contributed by atoms with van der Waals surface area (Å²) in [5, 5.41) is 12.6. The fraction of sp³-hybridized carbons (Fsp3) is 0.190. The first kappa shape index (κ1) is 15.8. The van der Waals surface area contributed by atoms with Crippen molar-refractivity contribution in [3.8, 4) is 22.9 Å². The van der Waals surface area contributed by atoms with Gasteiger partial charge in [0.1, 0.15) is 5.75 Å². The van der Waals surface area contributed by atoms with Crippen molar-refractivity contribution in [3.05, 3.63) is 77.9 Å². The van der Waals surface area contributed by atoms with Gasteiger partial charge in [-0.05, 0) is 54.7 Å². The van der Waals surface area contributed by atoms with Gasteiger partial charge in [-0.1, -0.05) is 24.3 Å². The number of hydrogen-bond acceptors (Lipinski definition) is 5. The van der Waals surface area contributed by atoms with E-state index in [0.29, 0.717) is 11.8 Å². The van der Waals surface area contributed by atoms with Crippen LogP contribution in [0.4, 0.5) is 0 Å². The molecular weight excluding hydrogens is 340 g/mol. The first-order valence-corrected chi connectivity index (χ1v) is 9.02. The van der Waals surface area contributed by atoms with Crippen LogP contribution >= 0.6 is 0 Å². The molecule has 1 aliphatic rings. The van der Waals surface area contributed by atoms with Crippen molar-refractivity contribution >= 4 is 0 Å². The first-order chi connectivity index (χ1) is 13.3. The van der Waals surface area contributed by atoms with Crippen molar-refractivity contribution in [1.29, 1.82) is 0 Å². The highest BCUT2D eigenvalue weighted by atomic mass is 16.5. The third-order valence-electron chi connectivity index (χ3n) is 4.75. The molecule has 6 nitrogen and oxygen atoms in total. The molecule has 2 aromatic carbocycles. The quantitative estimate of drug-likeness (QED) is 0.540. The zero-order valence-corrected chi connectivity index (χ0v) is 14.7. The lowest BCUT2D eigenvalue weighted by atomic mass is 10.1. The van der Waals surface area contributed by atoms with Crippen LogP contribution in [0.15, 0.2) is 65.3 Å². The van der Waals surface area contributed by atoms with Gasteiger partial charge >= 0.3 is 0 Å². The van der Waals surface area contributed by atoms with Crippen LogP contribution in [0.1, 0.15) is 23.4 Å². The maximum atomic E-state index is 5.82. The summed E-state index contributed by atoms with van der Waals surface area (Å²) >= 11 is 0. The van der Waals surface area contributed by atoms with E-state index in [1.54, 1.807) is 10.9 Å². The Balaban J connectivity index is 1.28. The average molecular weight is 358 g/mol. The van der Waals surface area contributed by atoms with Crippen LogP contribution in [-0.4, -0.2) is 20.0 Å². The normalized spacial score (nSPS) is 12.9. The molecule has 6 heteroatoms. The summed E-state index contributed by atoms with van der Waals surface area (Å²) in [6.07, 6.45) is 7.10. The van der Waals surface area contributed by atoms with Crippen LogP contribution in [-0.2, 0) is 19.4 Å². The fourth-order valence-electron chi connectivity index (χ4n) is 3.37. The minimum atomic E-state index is 0.249. The maximum Gasteiger partial charge on any atom is 0.254 e. The maximum absolute atomic E-state index is 5.82. The summed E-state index contributed by atoms with van der Waals surface area (Å²) in [5.74, 6) is 1.72. The summed E-state index contributed by atoms with van der Waals surface area (Å²) in [4.78, 5) is 0. The Morgan fingerprint density at radius 3 is 2.81 bits per heavy atom. The molecule has 0 saturated heterocycles. The van der Waals surface area contributed by atoms with Crippen LogP contribution < -0.4 is 4.74 Å². The summed E-state index contributed by atoms with van der Waals surface area (Å²) in [5.41, 5.74) is 4.56. The lowest BCUT2D eigenvalue weighted by Crippen LogP contribution is -1.96. The second kappa shape index (κ2) is 6.72. The molecule has 1 aliphatic carbocycles. The van der Waals surface area contributed by atoms with E-state index in [1.807, 2.05) is 42.6 Å². The summed E-state index contributed by atoms with van der Waals surface area (Å²) in [7, 11) is 0. The molecule has 0 atom stereocenters. The molecule has 4 aromatic rings. The van der Waals surface area contributed by atoms with Gasteiger partial charge in [-0.15, -0.1) is 10.2 Å². The number of hydrogen-bond donors (Lipinski definition) is 0. The van der Waals surface area contributed by atoms with Crippen molar-refractivity contribution in [2.45, 2.75) is 25.9 Å². The average Bonchev–Trinajstić information content (AvgIpc) is 3.46. The highest BCUT2D eigenvalue weighted by molar-refractivity contribution is 5.50. The van der Waals surface area contributed by atoms with Gasteiger partial charge in [-0.2, -0.15) is 5.10 Å². The lowest BCUT2D eigenvalue weighted by molar-refractivity contribution is 0.264. The molecule has 5 rings (SSSR count). The Morgan fingerprint density at radius 1 is 1.00 bits per heavy atom. The van der Waals surface area contributed by atoms with Gasteiger partial charge in [-0.3, -0.25) is 0 Å². The molecule has 0 spiro atoms. The summed E-state index contributed by atoms with van der Waals surface area (Å²) in [6.45, 7) is 0.249. The Hall–Kier alpha value is -3.41. The van der Waals surface area contributed by atoms with Crippen LogP contribution in [0, 0.1) is 0 Å². The van der Waals surface area contributed by atoms with Gasteiger partial charge in [0.25, 0.3) is 11.8 Å². The van der Waals surface area contributed by atoms with Crippen molar-refractivity contribution in [1.82, 2.24) is 20.0 Å². The predicted molar refractivity (Wildman–Crippen MR) is 99.7 cm³/mol. The molecule has 0 bridgehead atoms. The fourth-order valence-corrected chi connectivity index (χ4v) is 3.37. The molecule has 0 radical (unpaired) electrons. The number of rotatable bonds is 5. The van der Waals surface area contributed by atoms with Crippen molar-refractivity contribution in [2.75, 3.05) is 0 Å². The van der Waals surface area contributed by atoms with Gasteiger partial charge in [-0.25, -0.2) is 4.68 Å². The molecule has 0 fully saturated rings. The van der Waals surface area contributed by atoms with E-state index in [1.165, 1.54) is 24.0 Å². The van der Waals surface area contributed by atoms with Crippen LogP contribution in [0.3, 0.4) is 0 Å². The zero-order chi connectivity index (χ0) is 18.1. The van der Waals surface area contributed by atoms with Crippen LogP contribution in [0.25, 0.3) is 17.1 Å². The minimum absolute atomic E-state index is 0.249. The highest BCUT2D eigenvalue weighted by Gasteiger charge is 2.14. The topological polar surface area (TPSA) is 66.0 Å². The van der Waals surface area contributed by atoms with E-state index >= 15 is 0 Å². The highest BCUT2D eigenvalue weighted by Crippen LogP contribution is 2.26. The third kappa shape index (κ3) is 3.21. The number of ether oxygens (including phenoxy) is 1. The van der Waals surface area contributed by atoms with Gasteiger partial charge < -0.3 is 9.15 Å². The number of aryl methyl sites for hydroxylation is 2. The second-order valence-electron chi connectivity index (χ2n) is 6.58. The molecule has 27 heavy (non-hydrogen) atoms. The van der Waals surface area contributed by atoms with Crippen molar-refractivity contribution in [2.24, 2.45) is 0 Å². The van der Waals surface area contributed by atoms with E-state index in [0.717, 1.165) is 23.4 Å². The zero-order valence-electron chi connectivity index (χ0n) is 14.7. The number of benzene rings is 2. The molecule has 2 heterocycles.